The first-order chi connectivity index (χ1) is 9.13. The third-order valence-corrected chi connectivity index (χ3v) is 3.80. The number of hydrogen-bond acceptors (Lipinski definition) is 3. The zero-order valence-corrected chi connectivity index (χ0v) is 12.2. The van der Waals surface area contributed by atoms with Gasteiger partial charge in [-0.2, -0.15) is 0 Å². The monoisotopic (exact) mass is 281 g/mol. The first-order valence-electron chi connectivity index (χ1n) is 6.60. The van der Waals surface area contributed by atoms with Gasteiger partial charge in [-0.05, 0) is 18.7 Å². The largest absolute Gasteiger partial charge is 0.360 e. The number of nitrogens with zero attached hydrogens (tertiary/aromatic N) is 2. The Morgan fingerprint density at radius 1 is 1.37 bits per heavy atom. The fourth-order valence-corrected chi connectivity index (χ4v) is 2.47. The van der Waals surface area contributed by atoms with E-state index < -0.39 is 0 Å². The molecule has 4 nitrogen and oxygen atoms in total. The molecule has 1 aliphatic heterocycles. The van der Waals surface area contributed by atoms with Gasteiger partial charge in [0.05, 0.1) is 6.54 Å². The topological polar surface area (TPSA) is 35.6 Å². The Morgan fingerprint density at radius 2 is 2.16 bits per heavy atom. The molecule has 5 heteroatoms. The number of rotatable bonds is 4. The van der Waals surface area contributed by atoms with Gasteiger partial charge in [0.1, 0.15) is 0 Å². The summed E-state index contributed by atoms with van der Waals surface area (Å²) >= 11 is 6.29. The molecule has 104 valence electrons. The Bertz CT molecular complexity index is 464. The number of piperazine rings is 1. The fraction of sp³-hybridized carbons (Fsp3) is 0.500. The van der Waals surface area contributed by atoms with E-state index in [1.54, 1.807) is 4.90 Å². The lowest BCUT2D eigenvalue weighted by atomic mass is 10.1. The molecule has 1 saturated heterocycles. The highest BCUT2D eigenvalue weighted by molar-refractivity contribution is 6.31. The molecule has 1 amide bonds. The average molecular weight is 282 g/mol. The van der Waals surface area contributed by atoms with Crippen LogP contribution in [0.3, 0.4) is 0 Å². The lowest BCUT2D eigenvalue weighted by Gasteiger charge is -2.34. The van der Waals surface area contributed by atoms with Crippen molar-refractivity contribution in [1.29, 1.82) is 0 Å². The number of likely N-dealkylation sites (N-methyl/N-ethyl adjacent to an activating group) is 1. The van der Waals surface area contributed by atoms with Gasteiger partial charge in [-0.25, -0.2) is 0 Å². The van der Waals surface area contributed by atoms with Crippen LogP contribution in [-0.2, 0) is 11.3 Å². The maximum Gasteiger partial charge on any atom is 0.241 e. The van der Waals surface area contributed by atoms with Crippen LogP contribution in [0.15, 0.2) is 18.2 Å². The minimum Gasteiger partial charge on any atom is -0.360 e. The van der Waals surface area contributed by atoms with Gasteiger partial charge in [0.25, 0.3) is 0 Å². The summed E-state index contributed by atoms with van der Waals surface area (Å²) in [5, 5.41) is 4.05. The molecule has 0 spiro atoms. The molecule has 0 radical (unpaired) electrons. The zero-order valence-electron chi connectivity index (χ0n) is 11.4. The quantitative estimate of drug-likeness (QED) is 0.913. The third-order valence-electron chi connectivity index (χ3n) is 3.44. The van der Waals surface area contributed by atoms with Crippen LogP contribution in [0.4, 0.5) is 5.69 Å². The van der Waals surface area contributed by atoms with E-state index >= 15 is 0 Å². The highest BCUT2D eigenvalue weighted by Gasteiger charge is 2.23. The lowest BCUT2D eigenvalue weighted by molar-refractivity contribution is -0.129. The number of amides is 1. The van der Waals surface area contributed by atoms with Crippen LogP contribution in [-0.4, -0.2) is 44.0 Å². The molecule has 1 aromatic rings. The van der Waals surface area contributed by atoms with Gasteiger partial charge in [-0.15, -0.1) is 0 Å². The number of nitrogens with one attached hydrogen (secondary N) is 1. The molecule has 0 aliphatic carbocycles. The van der Waals surface area contributed by atoms with Crippen LogP contribution in [0.25, 0.3) is 0 Å². The Balaban J connectivity index is 2.23. The molecule has 1 aromatic carbocycles. The van der Waals surface area contributed by atoms with E-state index in [0.29, 0.717) is 6.54 Å². The first-order valence-corrected chi connectivity index (χ1v) is 6.98. The second-order valence-corrected chi connectivity index (χ2v) is 5.16. The SMILES string of the molecule is CCNCc1c(Cl)cccc1N1CCN(C)C(=O)C1. The van der Waals surface area contributed by atoms with Crippen LogP contribution in [0, 0.1) is 0 Å². The van der Waals surface area contributed by atoms with Gasteiger partial charge < -0.3 is 15.1 Å². The normalized spacial score (nSPS) is 16.1. The maximum absolute atomic E-state index is 11.8. The molecule has 0 unspecified atom stereocenters. The minimum atomic E-state index is 0.153. The molecule has 0 bridgehead atoms. The van der Waals surface area contributed by atoms with E-state index in [1.807, 2.05) is 25.2 Å². The lowest BCUT2D eigenvalue weighted by Crippen LogP contribution is -2.48. The van der Waals surface area contributed by atoms with E-state index in [-0.39, 0.29) is 5.91 Å². The summed E-state index contributed by atoms with van der Waals surface area (Å²) in [6.45, 7) is 5.72. The second kappa shape index (κ2) is 6.26. The molecule has 1 N–H and O–H groups in total. The van der Waals surface area contributed by atoms with Crippen molar-refractivity contribution in [1.82, 2.24) is 10.2 Å². The summed E-state index contributed by atoms with van der Waals surface area (Å²) in [5.41, 5.74) is 2.14. The minimum absolute atomic E-state index is 0.153. The zero-order chi connectivity index (χ0) is 13.8. The molecule has 1 aliphatic rings. The van der Waals surface area contributed by atoms with Crippen LogP contribution in [0.1, 0.15) is 12.5 Å². The van der Waals surface area contributed by atoms with Crippen LogP contribution < -0.4 is 10.2 Å². The summed E-state index contributed by atoms with van der Waals surface area (Å²) in [6, 6.07) is 5.88. The highest BCUT2D eigenvalue weighted by Crippen LogP contribution is 2.28. The molecule has 1 heterocycles. The number of carbonyl (C=O) groups excluding carboxylic acids is 1. The molecular weight excluding hydrogens is 262 g/mol. The molecule has 0 atom stereocenters. The predicted molar refractivity (Wildman–Crippen MR) is 78.7 cm³/mol. The number of carbonyl (C=O) groups is 1. The van der Waals surface area contributed by atoms with Crippen molar-refractivity contribution in [3.05, 3.63) is 28.8 Å². The van der Waals surface area contributed by atoms with Gasteiger partial charge in [-0.1, -0.05) is 24.6 Å². The molecule has 0 saturated carbocycles. The Labute approximate surface area is 119 Å². The van der Waals surface area contributed by atoms with Crippen molar-refractivity contribution in [3.63, 3.8) is 0 Å². The Kier molecular flexibility index (Phi) is 4.66. The van der Waals surface area contributed by atoms with Gasteiger partial charge >= 0.3 is 0 Å². The number of benzene rings is 1. The van der Waals surface area contributed by atoms with E-state index in [9.17, 15) is 4.79 Å². The standard InChI is InChI=1S/C14H20ClN3O/c1-3-16-9-11-12(15)5-4-6-13(11)18-8-7-17(2)14(19)10-18/h4-6,16H,3,7-10H2,1-2H3. The average Bonchev–Trinajstić information content (AvgIpc) is 2.40. The van der Waals surface area contributed by atoms with Gasteiger partial charge in [0.15, 0.2) is 0 Å². The number of hydrogen-bond donors (Lipinski definition) is 1. The molecule has 1 fully saturated rings. The molecular formula is C14H20ClN3O. The van der Waals surface area contributed by atoms with Crippen molar-refractivity contribution >= 4 is 23.2 Å². The van der Waals surface area contributed by atoms with E-state index in [4.69, 9.17) is 11.6 Å². The second-order valence-electron chi connectivity index (χ2n) is 4.75. The highest BCUT2D eigenvalue weighted by atomic mass is 35.5. The summed E-state index contributed by atoms with van der Waals surface area (Å²) in [4.78, 5) is 15.7. The number of halogens is 1. The van der Waals surface area contributed by atoms with Crippen molar-refractivity contribution < 1.29 is 4.79 Å². The van der Waals surface area contributed by atoms with Gasteiger partial charge in [0, 0.05) is 43.0 Å². The van der Waals surface area contributed by atoms with Crippen molar-refractivity contribution in [2.75, 3.05) is 38.1 Å². The predicted octanol–water partition coefficient (Wildman–Crippen LogP) is 1.73. The molecule has 19 heavy (non-hydrogen) atoms. The summed E-state index contributed by atoms with van der Waals surface area (Å²) < 4.78 is 0. The van der Waals surface area contributed by atoms with Gasteiger partial charge in [0.2, 0.25) is 5.91 Å². The smallest absolute Gasteiger partial charge is 0.241 e. The first kappa shape index (κ1) is 14.2. The summed E-state index contributed by atoms with van der Waals surface area (Å²) in [5.74, 6) is 0.153. The van der Waals surface area contributed by atoms with Crippen molar-refractivity contribution in [3.8, 4) is 0 Å². The van der Waals surface area contributed by atoms with Gasteiger partial charge in [-0.3, -0.25) is 4.79 Å². The van der Waals surface area contributed by atoms with Crippen LogP contribution >= 0.6 is 11.6 Å². The molecule has 0 aromatic heterocycles. The van der Waals surface area contributed by atoms with Crippen LogP contribution in [0.2, 0.25) is 5.02 Å². The number of anilines is 1. The van der Waals surface area contributed by atoms with E-state index in [1.165, 1.54) is 0 Å². The summed E-state index contributed by atoms with van der Waals surface area (Å²) in [6.07, 6.45) is 0. The summed E-state index contributed by atoms with van der Waals surface area (Å²) in [7, 11) is 1.84. The molecule has 2 rings (SSSR count). The van der Waals surface area contributed by atoms with Crippen molar-refractivity contribution in [2.24, 2.45) is 0 Å². The van der Waals surface area contributed by atoms with Crippen molar-refractivity contribution in [2.45, 2.75) is 13.5 Å². The van der Waals surface area contributed by atoms with E-state index in [2.05, 4.69) is 17.1 Å². The maximum atomic E-state index is 11.8. The fourth-order valence-electron chi connectivity index (χ4n) is 2.23. The van der Waals surface area contributed by atoms with Crippen LogP contribution in [0.5, 0.6) is 0 Å². The van der Waals surface area contributed by atoms with E-state index in [0.717, 1.165) is 42.5 Å². The third kappa shape index (κ3) is 3.19. The Hall–Kier alpha value is -1.26. The Morgan fingerprint density at radius 3 is 2.84 bits per heavy atom.